The van der Waals surface area contributed by atoms with Gasteiger partial charge in [0.2, 0.25) is 5.88 Å². The van der Waals surface area contributed by atoms with Crippen molar-refractivity contribution in [1.82, 2.24) is 20.2 Å². The first-order valence-electron chi connectivity index (χ1n) is 15.3. The van der Waals surface area contributed by atoms with Gasteiger partial charge in [-0.1, -0.05) is 12.1 Å². The normalized spacial score (nSPS) is 19.4. The molecule has 0 aliphatic carbocycles. The smallest absolute Gasteiger partial charge is 0.421 e. The summed E-state index contributed by atoms with van der Waals surface area (Å²) in [7, 11) is 1.29. The Bertz CT molecular complexity index is 1460. The second kappa shape index (κ2) is 14.0. The lowest BCUT2D eigenvalue weighted by atomic mass is 9.69. The van der Waals surface area contributed by atoms with Crippen LogP contribution in [0.4, 0.5) is 18.9 Å². The number of carbonyl (C=O) groups is 1. The average Bonchev–Trinajstić information content (AvgIpc) is 3.54. The number of nitrogens with zero attached hydrogens (tertiary/aromatic N) is 4. The summed E-state index contributed by atoms with van der Waals surface area (Å²) < 4.78 is 53.4. The van der Waals surface area contributed by atoms with E-state index in [1.807, 2.05) is 30.0 Å². The van der Waals surface area contributed by atoms with Gasteiger partial charge >= 0.3 is 6.18 Å². The Kier molecular flexibility index (Phi) is 10.1. The number of pyridine rings is 2. The van der Waals surface area contributed by atoms with Crippen molar-refractivity contribution in [1.29, 1.82) is 0 Å². The van der Waals surface area contributed by atoms with Crippen LogP contribution in [-0.2, 0) is 22.9 Å². The second-order valence-electron chi connectivity index (χ2n) is 11.7. The molecule has 0 bridgehead atoms. The van der Waals surface area contributed by atoms with Gasteiger partial charge in [0.05, 0.1) is 36.4 Å². The maximum absolute atomic E-state index is 14.2. The molecule has 3 aliphatic rings. The Morgan fingerprint density at radius 2 is 1.93 bits per heavy atom. The summed E-state index contributed by atoms with van der Waals surface area (Å²) in [5.41, 5.74) is 3.23. The first kappa shape index (κ1) is 32.5. The van der Waals surface area contributed by atoms with Crippen LogP contribution >= 0.6 is 0 Å². The predicted octanol–water partition coefficient (Wildman–Crippen LogP) is 5.38. The fourth-order valence-corrected chi connectivity index (χ4v) is 7.07. The molecule has 9 nitrogen and oxygen atoms in total. The SMILES string of the molecule is CCOc1ncccc1-c1ccc2c(n1)CN(C[C@H]1CCCN1)CC21CCN(c2cccc(OC)c2C(F)(F)F)CC1.O=CO. The maximum atomic E-state index is 14.2. The number of aromatic nitrogens is 2. The molecular weight excluding hydrogens is 587 g/mol. The number of piperidine rings is 1. The average molecular weight is 628 g/mol. The van der Waals surface area contributed by atoms with Gasteiger partial charge in [-0.25, -0.2) is 4.98 Å². The van der Waals surface area contributed by atoms with E-state index in [1.54, 1.807) is 18.3 Å². The van der Waals surface area contributed by atoms with E-state index in [0.29, 0.717) is 31.6 Å². The highest BCUT2D eigenvalue weighted by atomic mass is 19.4. The summed E-state index contributed by atoms with van der Waals surface area (Å²) in [5.74, 6) is 0.425. The molecule has 1 aromatic carbocycles. The van der Waals surface area contributed by atoms with Crippen LogP contribution in [0, 0.1) is 0 Å². The summed E-state index contributed by atoms with van der Waals surface area (Å²) in [6, 6.07) is 13.1. The lowest BCUT2D eigenvalue weighted by Gasteiger charge is -2.49. The molecule has 0 saturated carbocycles. The third-order valence-electron chi connectivity index (χ3n) is 8.98. The summed E-state index contributed by atoms with van der Waals surface area (Å²) in [6.07, 6.45) is 1.02. The number of benzene rings is 1. The van der Waals surface area contributed by atoms with Gasteiger partial charge in [0.15, 0.2) is 0 Å². The maximum Gasteiger partial charge on any atom is 0.421 e. The highest BCUT2D eigenvalue weighted by molar-refractivity contribution is 5.66. The molecule has 2 N–H and O–H groups in total. The van der Waals surface area contributed by atoms with Crippen molar-refractivity contribution in [3.8, 4) is 22.9 Å². The summed E-state index contributed by atoms with van der Waals surface area (Å²) >= 11 is 0. The zero-order chi connectivity index (χ0) is 32.0. The van der Waals surface area contributed by atoms with Gasteiger partial charge in [0.25, 0.3) is 6.47 Å². The van der Waals surface area contributed by atoms with E-state index in [2.05, 4.69) is 21.3 Å². The number of ether oxygens (including phenoxy) is 2. The minimum absolute atomic E-state index is 0.142. The number of carboxylic acid groups (broad SMARTS) is 1. The largest absolute Gasteiger partial charge is 0.496 e. The summed E-state index contributed by atoms with van der Waals surface area (Å²) in [6.45, 7) is 6.82. The standard InChI is InChI=1S/C32H38F3N5O2.CH2O2/c1-3-42-30-23(8-6-16-37-30)25-12-11-24-26(38-25)20-39(19-22-7-5-15-36-22)21-31(24)13-17-40(18-14-31)27-9-4-10-28(41-2)29(27)32(33,34)35;2-1-3/h4,6,8-12,16,22,36H,3,5,7,13-15,17-21H2,1-2H3;1H,(H,2,3)/t22-;/m1./s1. The van der Waals surface area contributed by atoms with Gasteiger partial charge in [0, 0.05) is 50.4 Å². The zero-order valence-corrected chi connectivity index (χ0v) is 25.6. The van der Waals surface area contributed by atoms with E-state index in [4.69, 9.17) is 24.4 Å². The third kappa shape index (κ3) is 7.01. The Balaban J connectivity index is 0.00000128. The lowest BCUT2D eigenvalue weighted by molar-refractivity contribution is -0.138. The fourth-order valence-electron chi connectivity index (χ4n) is 7.07. The van der Waals surface area contributed by atoms with Crippen molar-refractivity contribution >= 4 is 12.2 Å². The zero-order valence-electron chi connectivity index (χ0n) is 25.6. The van der Waals surface area contributed by atoms with Crippen LogP contribution in [0.2, 0.25) is 0 Å². The molecule has 0 unspecified atom stereocenters. The van der Waals surface area contributed by atoms with Crippen molar-refractivity contribution < 1.29 is 32.5 Å². The van der Waals surface area contributed by atoms with Gasteiger partial charge in [-0.2, -0.15) is 13.2 Å². The lowest BCUT2D eigenvalue weighted by Crippen LogP contribution is -2.54. The fraction of sp³-hybridized carbons (Fsp3) is 0.485. The number of hydrogen-bond donors (Lipinski definition) is 2. The number of methoxy groups -OCH3 is 1. The molecule has 0 radical (unpaired) electrons. The molecule has 2 saturated heterocycles. The Morgan fingerprint density at radius 1 is 1.16 bits per heavy atom. The van der Waals surface area contributed by atoms with E-state index in [-0.39, 0.29) is 23.3 Å². The van der Waals surface area contributed by atoms with Gasteiger partial charge in [0.1, 0.15) is 11.3 Å². The van der Waals surface area contributed by atoms with Gasteiger partial charge in [-0.05, 0) is 75.0 Å². The minimum Gasteiger partial charge on any atom is -0.496 e. The molecule has 3 aliphatic heterocycles. The van der Waals surface area contributed by atoms with Crippen molar-refractivity contribution in [3.63, 3.8) is 0 Å². The quantitative estimate of drug-likeness (QED) is 0.335. The van der Waals surface area contributed by atoms with E-state index >= 15 is 0 Å². The van der Waals surface area contributed by atoms with E-state index in [9.17, 15) is 13.2 Å². The van der Waals surface area contributed by atoms with Crippen LogP contribution in [0.25, 0.3) is 11.3 Å². The molecule has 0 amide bonds. The number of alkyl halides is 3. The first-order valence-corrected chi connectivity index (χ1v) is 15.3. The first-order chi connectivity index (χ1) is 21.7. The highest BCUT2D eigenvalue weighted by Crippen LogP contribution is 2.47. The van der Waals surface area contributed by atoms with Crippen LogP contribution in [0.3, 0.4) is 0 Å². The van der Waals surface area contributed by atoms with E-state index < -0.39 is 11.7 Å². The van der Waals surface area contributed by atoms with Crippen molar-refractivity contribution in [2.45, 2.75) is 56.8 Å². The molecular formula is C33H40F3N5O4. The van der Waals surface area contributed by atoms with Crippen molar-refractivity contribution in [3.05, 3.63) is 65.5 Å². The number of rotatable bonds is 7. The van der Waals surface area contributed by atoms with Gasteiger partial charge in [-0.3, -0.25) is 14.7 Å². The molecule has 45 heavy (non-hydrogen) atoms. The highest BCUT2D eigenvalue weighted by Gasteiger charge is 2.45. The number of halogens is 3. The molecule has 1 spiro atoms. The topological polar surface area (TPSA) is 100 Å². The van der Waals surface area contributed by atoms with Crippen LogP contribution in [0.1, 0.15) is 49.4 Å². The van der Waals surface area contributed by atoms with Crippen molar-refractivity contribution in [2.24, 2.45) is 0 Å². The second-order valence-corrected chi connectivity index (χ2v) is 11.7. The van der Waals surface area contributed by atoms with Crippen LogP contribution in [-0.4, -0.2) is 78.9 Å². The van der Waals surface area contributed by atoms with Gasteiger partial charge < -0.3 is 24.8 Å². The molecule has 2 aromatic heterocycles. The van der Waals surface area contributed by atoms with Crippen LogP contribution in [0.5, 0.6) is 11.6 Å². The summed E-state index contributed by atoms with van der Waals surface area (Å²) in [5, 5.41) is 10.5. The summed E-state index contributed by atoms with van der Waals surface area (Å²) in [4.78, 5) is 22.3. The molecule has 12 heteroatoms. The molecule has 6 rings (SSSR count). The van der Waals surface area contributed by atoms with E-state index in [0.717, 1.165) is 62.4 Å². The minimum atomic E-state index is -4.51. The Hall–Kier alpha value is -3.90. The molecule has 1 atom stereocenters. The number of anilines is 1. The predicted molar refractivity (Wildman–Crippen MR) is 165 cm³/mol. The van der Waals surface area contributed by atoms with Crippen LogP contribution < -0.4 is 19.7 Å². The van der Waals surface area contributed by atoms with E-state index in [1.165, 1.54) is 25.2 Å². The van der Waals surface area contributed by atoms with Crippen LogP contribution in [0.15, 0.2) is 48.7 Å². The number of fused-ring (bicyclic) bond motifs is 2. The number of hydrogen-bond acceptors (Lipinski definition) is 8. The molecule has 5 heterocycles. The molecule has 2 fully saturated rings. The van der Waals surface area contributed by atoms with Gasteiger partial charge in [-0.15, -0.1) is 0 Å². The Morgan fingerprint density at radius 3 is 2.60 bits per heavy atom. The molecule has 3 aromatic rings. The van der Waals surface area contributed by atoms with Crippen molar-refractivity contribution in [2.75, 3.05) is 51.3 Å². The third-order valence-corrected chi connectivity index (χ3v) is 8.98. The number of nitrogens with one attached hydrogen (secondary N) is 1. The monoisotopic (exact) mass is 627 g/mol. The molecule has 242 valence electrons. The Labute approximate surface area is 261 Å².